The number of rotatable bonds is 10. The molecular formula is C25H30N4O. The Bertz CT molecular complexity index is 934. The Morgan fingerprint density at radius 2 is 1.83 bits per heavy atom. The predicted molar refractivity (Wildman–Crippen MR) is 119 cm³/mol. The highest BCUT2D eigenvalue weighted by Gasteiger charge is 2.28. The fourth-order valence-electron chi connectivity index (χ4n) is 3.73. The van der Waals surface area contributed by atoms with Crippen molar-refractivity contribution in [2.45, 2.75) is 32.2 Å². The zero-order chi connectivity index (χ0) is 20.8. The SMILES string of the molecule is CC(c1ccccc1)N(CC(=O)NCCc1cnn(-c2ccccc2)c1)CC1CC1. The molecule has 5 nitrogen and oxygen atoms in total. The number of hydrogen-bond acceptors (Lipinski definition) is 3. The Kier molecular flexibility index (Phi) is 6.60. The van der Waals surface area contributed by atoms with Crippen molar-refractivity contribution in [3.8, 4) is 5.69 Å². The molecule has 5 heteroatoms. The van der Waals surface area contributed by atoms with Gasteiger partial charge in [0.05, 0.1) is 18.4 Å². The number of benzene rings is 2. The van der Waals surface area contributed by atoms with Gasteiger partial charge >= 0.3 is 0 Å². The van der Waals surface area contributed by atoms with Crippen LogP contribution in [-0.4, -0.2) is 40.2 Å². The first-order chi connectivity index (χ1) is 14.7. The van der Waals surface area contributed by atoms with Crippen LogP contribution in [0.25, 0.3) is 5.69 Å². The van der Waals surface area contributed by atoms with Gasteiger partial charge in [0.2, 0.25) is 5.91 Å². The van der Waals surface area contributed by atoms with Crippen LogP contribution in [0.3, 0.4) is 0 Å². The Hall–Kier alpha value is -2.92. The molecule has 2 aromatic carbocycles. The summed E-state index contributed by atoms with van der Waals surface area (Å²) in [6.07, 6.45) is 7.24. The van der Waals surface area contributed by atoms with E-state index in [1.807, 2.05) is 53.5 Å². The summed E-state index contributed by atoms with van der Waals surface area (Å²) in [6.45, 7) is 4.25. The molecule has 1 N–H and O–H groups in total. The normalized spacial score (nSPS) is 14.6. The second-order valence-electron chi connectivity index (χ2n) is 8.19. The van der Waals surface area contributed by atoms with E-state index in [-0.39, 0.29) is 11.9 Å². The molecule has 1 amide bonds. The Labute approximate surface area is 178 Å². The first-order valence-electron chi connectivity index (χ1n) is 10.8. The topological polar surface area (TPSA) is 50.2 Å². The van der Waals surface area contributed by atoms with Crippen molar-refractivity contribution in [1.82, 2.24) is 20.0 Å². The summed E-state index contributed by atoms with van der Waals surface area (Å²) in [7, 11) is 0. The molecule has 1 saturated carbocycles. The van der Waals surface area contributed by atoms with E-state index in [4.69, 9.17) is 0 Å². The summed E-state index contributed by atoms with van der Waals surface area (Å²) in [5.41, 5.74) is 3.42. The monoisotopic (exact) mass is 402 g/mol. The van der Waals surface area contributed by atoms with Gasteiger partial charge in [-0.25, -0.2) is 4.68 Å². The van der Waals surface area contributed by atoms with Crippen molar-refractivity contribution in [3.63, 3.8) is 0 Å². The second kappa shape index (κ2) is 9.72. The summed E-state index contributed by atoms with van der Waals surface area (Å²) >= 11 is 0. The number of nitrogens with zero attached hydrogens (tertiary/aromatic N) is 3. The lowest BCUT2D eigenvalue weighted by atomic mass is 10.1. The third-order valence-electron chi connectivity index (χ3n) is 5.76. The first kappa shape index (κ1) is 20.4. The zero-order valence-electron chi connectivity index (χ0n) is 17.6. The Morgan fingerprint density at radius 3 is 2.53 bits per heavy atom. The largest absolute Gasteiger partial charge is 0.355 e. The number of carbonyl (C=O) groups is 1. The fourth-order valence-corrected chi connectivity index (χ4v) is 3.73. The lowest BCUT2D eigenvalue weighted by molar-refractivity contribution is -0.122. The maximum Gasteiger partial charge on any atom is 0.234 e. The van der Waals surface area contributed by atoms with Gasteiger partial charge in [0.1, 0.15) is 0 Å². The van der Waals surface area contributed by atoms with Crippen molar-refractivity contribution < 1.29 is 4.79 Å². The average molecular weight is 403 g/mol. The highest BCUT2D eigenvalue weighted by molar-refractivity contribution is 5.78. The zero-order valence-corrected chi connectivity index (χ0v) is 17.6. The van der Waals surface area contributed by atoms with Crippen LogP contribution in [0.1, 0.15) is 36.9 Å². The molecule has 4 rings (SSSR count). The molecule has 1 aliphatic carbocycles. The van der Waals surface area contributed by atoms with E-state index in [1.165, 1.54) is 18.4 Å². The third-order valence-corrected chi connectivity index (χ3v) is 5.76. The van der Waals surface area contributed by atoms with E-state index in [2.05, 4.69) is 46.5 Å². The molecule has 1 heterocycles. The van der Waals surface area contributed by atoms with Gasteiger partial charge in [-0.15, -0.1) is 0 Å². The number of para-hydroxylation sites is 1. The highest BCUT2D eigenvalue weighted by atomic mass is 16.2. The fraction of sp³-hybridized carbons (Fsp3) is 0.360. The Balaban J connectivity index is 1.28. The molecule has 30 heavy (non-hydrogen) atoms. The summed E-state index contributed by atoms with van der Waals surface area (Å²) in [6, 6.07) is 20.8. The molecule has 0 bridgehead atoms. The number of nitrogens with one attached hydrogen (secondary N) is 1. The molecule has 0 spiro atoms. The molecular weight excluding hydrogens is 372 g/mol. The molecule has 1 aliphatic rings. The van der Waals surface area contributed by atoms with E-state index in [1.54, 1.807) is 0 Å². The lowest BCUT2D eigenvalue weighted by Crippen LogP contribution is -2.40. The summed E-state index contributed by atoms with van der Waals surface area (Å²) in [4.78, 5) is 14.9. The molecule has 156 valence electrons. The number of hydrogen-bond donors (Lipinski definition) is 1. The van der Waals surface area contributed by atoms with Crippen molar-refractivity contribution in [2.75, 3.05) is 19.6 Å². The molecule has 1 aromatic heterocycles. The minimum atomic E-state index is 0.0916. The van der Waals surface area contributed by atoms with Crippen LogP contribution < -0.4 is 5.32 Å². The number of carbonyl (C=O) groups excluding carboxylic acids is 1. The predicted octanol–water partition coefficient (Wildman–Crippen LogP) is 4.00. The van der Waals surface area contributed by atoms with Crippen LogP contribution in [0.15, 0.2) is 73.1 Å². The summed E-state index contributed by atoms with van der Waals surface area (Å²) in [5.74, 6) is 0.835. The van der Waals surface area contributed by atoms with Crippen LogP contribution >= 0.6 is 0 Å². The molecule has 1 unspecified atom stereocenters. The smallest absolute Gasteiger partial charge is 0.234 e. The molecule has 3 aromatic rings. The van der Waals surface area contributed by atoms with Gasteiger partial charge in [-0.05, 0) is 55.4 Å². The first-order valence-corrected chi connectivity index (χ1v) is 10.8. The van der Waals surface area contributed by atoms with Crippen LogP contribution in [0.5, 0.6) is 0 Å². The average Bonchev–Trinajstić information content (AvgIpc) is 3.48. The quantitative estimate of drug-likeness (QED) is 0.558. The van der Waals surface area contributed by atoms with Gasteiger partial charge < -0.3 is 5.32 Å². The summed E-state index contributed by atoms with van der Waals surface area (Å²) < 4.78 is 1.87. The van der Waals surface area contributed by atoms with E-state index in [0.29, 0.717) is 13.1 Å². The van der Waals surface area contributed by atoms with Gasteiger partial charge in [-0.1, -0.05) is 48.5 Å². The van der Waals surface area contributed by atoms with Crippen LogP contribution in [-0.2, 0) is 11.2 Å². The maximum atomic E-state index is 12.6. The van der Waals surface area contributed by atoms with E-state index >= 15 is 0 Å². The standard InChI is InChI=1S/C25H30N4O/c1-20(23-8-4-2-5-9-23)28(17-21-12-13-21)19-25(30)26-15-14-22-16-27-29(18-22)24-10-6-3-7-11-24/h2-11,16,18,20-21H,12-15,17,19H2,1H3,(H,26,30). The van der Waals surface area contributed by atoms with Crippen molar-refractivity contribution in [1.29, 1.82) is 0 Å². The molecule has 0 aliphatic heterocycles. The molecule has 0 radical (unpaired) electrons. The second-order valence-corrected chi connectivity index (χ2v) is 8.19. The maximum absolute atomic E-state index is 12.6. The Morgan fingerprint density at radius 1 is 1.13 bits per heavy atom. The minimum absolute atomic E-state index is 0.0916. The third kappa shape index (κ3) is 5.57. The van der Waals surface area contributed by atoms with Crippen molar-refractivity contribution in [2.24, 2.45) is 5.92 Å². The van der Waals surface area contributed by atoms with Crippen molar-refractivity contribution >= 4 is 5.91 Å². The van der Waals surface area contributed by atoms with E-state index in [0.717, 1.165) is 30.1 Å². The molecule has 0 saturated heterocycles. The number of amides is 1. The van der Waals surface area contributed by atoms with Gasteiger partial charge in [0.25, 0.3) is 0 Å². The number of aromatic nitrogens is 2. The van der Waals surface area contributed by atoms with Crippen LogP contribution in [0.4, 0.5) is 0 Å². The van der Waals surface area contributed by atoms with E-state index < -0.39 is 0 Å². The van der Waals surface area contributed by atoms with E-state index in [9.17, 15) is 4.79 Å². The molecule has 1 fully saturated rings. The summed E-state index contributed by atoms with van der Waals surface area (Å²) in [5, 5.41) is 7.52. The minimum Gasteiger partial charge on any atom is -0.355 e. The van der Waals surface area contributed by atoms with Crippen LogP contribution in [0, 0.1) is 5.92 Å². The van der Waals surface area contributed by atoms with Gasteiger partial charge in [0, 0.05) is 25.3 Å². The van der Waals surface area contributed by atoms with Gasteiger partial charge in [0.15, 0.2) is 0 Å². The van der Waals surface area contributed by atoms with Crippen LogP contribution in [0.2, 0.25) is 0 Å². The van der Waals surface area contributed by atoms with Crippen molar-refractivity contribution in [3.05, 3.63) is 84.2 Å². The van der Waals surface area contributed by atoms with Gasteiger partial charge in [-0.3, -0.25) is 9.69 Å². The van der Waals surface area contributed by atoms with Gasteiger partial charge in [-0.2, -0.15) is 5.10 Å². The lowest BCUT2D eigenvalue weighted by Gasteiger charge is -2.29. The highest BCUT2D eigenvalue weighted by Crippen LogP contribution is 2.32. The molecule has 1 atom stereocenters.